The van der Waals surface area contributed by atoms with Crippen LogP contribution in [0.3, 0.4) is 0 Å². The minimum atomic E-state index is 0.174. The Labute approximate surface area is 91.8 Å². The van der Waals surface area contributed by atoms with Gasteiger partial charge in [0.2, 0.25) is 0 Å². The molecule has 0 amide bonds. The van der Waals surface area contributed by atoms with E-state index in [9.17, 15) is 0 Å². The Hall–Kier alpha value is -1.60. The van der Waals surface area contributed by atoms with Crippen LogP contribution >= 0.6 is 10.5 Å². The van der Waals surface area contributed by atoms with E-state index >= 15 is 0 Å². The predicted molar refractivity (Wildman–Crippen MR) is 67.8 cm³/mol. The molecule has 1 aromatic heterocycles. The second-order valence-corrected chi connectivity index (χ2v) is 5.23. The number of hydrogen-bond acceptors (Lipinski definition) is 0. The maximum Gasteiger partial charge on any atom is 0.186 e. The van der Waals surface area contributed by atoms with E-state index in [1.807, 2.05) is 0 Å². The third-order valence-electron chi connectivity index (χ3n) is 2.57. The van der Waals surface area contributed by atoms with E-state index in [1.54, 1.807) is 0 Å². The number of thiophene rings is 1. The number of benzene rings is 2. The molecule has 0 N–H and O–H groups in total. The highest BCUT2D eigenvalue weighted by atomic mass is 32.2. The Morgan fingerprint density at radius 3 is 2.27 bits per heavy atom. The molecule has 0 atom stereocenters. The van der Waals surface area contributed by atoms with Gasteiger partial charge in [0.15, 0.2) is 4.90 Å². The van der Waals surface area contributed by atoms with E-state index in [0.717, 1.165) is 0 Å². The summed E-state index contributed by atoms with van der Waals surface area (Å²) in [4.78, 5) is 1.43. The molecule has 0 unspecified atom stereocenters. The molecule has 15 heavy (non-hydrogen) atoms. The Balaban J connectivity index is 2.36. The van der Waals surface area contributed by atoms with Crippen LogP contribution in [0, 0.1) is 0 Å². The zero-order chi connectivity index (χ0) is 10.1. The first-order chi connectivity index (χ1) is 7.45. The predicted octanol–water partition coefficient (Wildman–Crippen LogP) is 4.58. The molecule has 0 nitrogen and oxygen atoms in total. The third kappa shape index (κ3) is 1.45. The van der Waals surface area contributed by atoms with Crippen molar-refractivity contribution in [3.8, 4) is 4.90 Å². The average molecular weight is 211 g/mol. The van der Waals surface area contributed by atoms with Gasteiger partial charge in [-0.15, -0.1) is 0 Å². The summed E-state index contributed by atoms with van der Waals surface area (Å²) in [6, 6.07) is 19.4. The molecular weight excluding hydrogens is 200 g/mol. The smallest absolute Gasteiger partial charge is 0.0616 e. The molecule has 0 aliphatic rings. The molecule has 3 aromatic rings. The monoisotopic (exact) mass is 211 g/mol. The van der Waals surface area contributed by atoms with Crippen LogP contribution < -0.4 is 0 Å². The molecule has 1 heteroatoms. The summed E-state index contributed by atoms with van der Waals surface area (Å²) in [7, 11) is 0.174. The zero-order valence-corrected chi connectivity index (χ0v) is 9.08. The number of fused-ring (bicyclic) bond motifs is 1. The van der Waals surface area contributed by atoms with Crippen LogP contribution in [-0.2, 0) is 0 Å². The summed E-state index contributed by atoms with van der Waals surface area (Å²) < 4.78 is 0. The lowest BCUT2D eigenvalue weighted by molar-refractivity contribution is 1.77. The second kappa shape index (κ2) is 3.52. The minimum Gasteiger partial charge on any atom is -0.0616 e. The summed E-state index contributed by atoms with van der Waals surface area (Å²) in [6.45, 7) is 0. The van der Waals surface area contributed by atoms with E-state index in [-0.39, 0.29) is 10.5 Å². The van der Waals surface area contributed by atoms with E-state index in [1.165, 1.54) is 15.7 Å². The highest BCUT2D eigenvalue weighted by Crippen LogP contribution is 2.35. The van der Waals surface area contributed by atoms with E-state index in [2.05, 4.69) is 65.4 Å². The van der Waals surface area contributed by atoms with Crippen molar-refractivity contribution in [3.63, 3.8) is 0 Å². The first-order valence-electron chi connectivity index (χ1n) is 5.00. The third-order valence-corrected chi connectivity index (χ3v) is 4.33. The van der Waals surface area contributed by atoms with Gasteiger partial charge in [0.25, 0.3) is 0 Å². The molecule has 0 radical (unpaired) electrons. The van der Waals surface area contributed by atoms with Crippen LogP contribution in [0.1, 0.15) is 0 Å². The average Bonchev–Trinajstić information content (AvgIpc) is 2.82. The van der Waals surface area contributed by atoms with Crippen LogP contribution in [0.15, 0.2) is 65.4 Å². The molecule has 1 heterocycles. The zero-order valence-electron chi connectivity index (χ0n) is 8.26. The molecular formula is C14H11S+. The van der Waals surface area contributed by atoms with Gasteiger partial charge >= 0.3 is 0 Å². The molecule has 72 valence electrons. The van der Waals surface area contributed by atoms with E-state index in [4.69, 9.17) is 0 Å². The van der Waals surface area contributed by atoms with Crippen molar-refractivity contribution >= 4 is 21.2 Å². The van der Waals surface area contributed by atoms with Gasteiger partial charge in [-0.05, 0) is 29.7 Å². The molecule has 2 aromatic carbocycles. The summed E-state index contributed by atoms with van der Waals surface area (Å²) >= 11 is 0. The second-order valence-electron chi connectivity index (χ2n) is 3.51. The summed E-state index contributed by atoms with van der Waals surface area (Å²) in [5.74, 6) is 0. The van der Waals surface area contributed by atoms with Crippen LogP contribution in [0.4, 0.5) is 0 Å². The normalized spacial score (nSPS) is 10.7. The summed E-state index contributed by atoms with van der Waals surface area (Å²) in [5, 5.41) is 7.24. The highest BCUT2D eigenvalue weighted by Gasteiger charge is 2.10. The Morgan fingerprint density at radius 1 is 0.667 bits per heavy atom. The van der Waals surface area contributed by atoms with Gasteiger partial charge in [-0.1, -0.05) is 30.3 Å². The number of hydrogen-bond donors (Lipinski definition) is 0. The van der Waals surface area contributed by atoms with Crippen LogP contribution in [0.5, 0.6) is 0 Å². The topological polar surface area (TPSA) is 0 Å². The standard InChI is InChI=1S/C14H11S/c1-2-8-13-12(6-1)7-5-9-14(13)15-10-3-4-11-15/h1-11H/q+1. The quantitative estimate of drug-likeness (QED) is 0.517. The van der Waals surface area contributed by atoms with Gasteiger partial charge in [0, 0.05) is 15.9 Å². The van der Waals surface area contributed by atoms with Gasteiger partial charge in [-0.2, -0.15) is 0 Å². The molecule has 0 saturated carbocycles. The molecule has 0 spiro atoms. The molecule has 0 aliphatic carbocycles. The molecule has 3 rings (SSSR count). The van der Waals surface area contributed by atoms with Crippen LogP contribution in [0.25, 0.3) is 15.7 Å². The van der Waals surface area contributed by atoms with Crippen molar-refractivity contribution in [2.45, 2.75) is 0 Å². The lowest BCUT2D eigenvalue weighted by atomic mass is 10.1. The maximum absolute atomic E-state index is 2.27. The van der Waals surface area contributed by atoms with Crippen molar-refractivity contribution in [3.05, 3.63) is 65.4 Å². The lowest BCUT2D eigenvalue weighted by Crippen LogP contribution is -1.74. The van der Waals surface area contributed by atoms with Gasteiger partial charge in [0.05, 0.1) is 0 Å². The van der Waals surface area contributed by atoms with Crippen molar-refractivity contribution in [2.24, 2.45) is 0 Å². The first kappa shape index (κ1) is 8.69. The van der Waals surface area contributed by atoms with Crippen LogP contribution in [-0.4, -0.2) is 0 Å². The van der Waals surface area contributed by atoms with Crippen molar-refractivity contribution < 1.29 is 0 Å². The Bertz CT molecular complexity index is 574. The van der Waals surface area contributed by atoms with Gasteiger partial charge in [0.1, 0.15) is 10.8 Å². The van der Waals surface area contributed by atoms with E-state index < -0.39 is 0 Å². The Kier molecular flexibility index (Phi) is 2.04. The van der Waals surface area contributed by atoms with Crippen LogP contribution in [0.2, 0.25) is 0 Å². The minimum absolute atomic E-state index is 0.174. The summed E-state index contributed by atoms with van der Waals surface area (Å²) in [5.41, 5.74) is 0. The molecule has 0 saturated heterocycles. The molecule has 0 fully saturated rings. The SMILES string of the molecule is c1ccc2c(-[s+]3cccc3)cccc2c1. The van der Waals surface area contributed by atoms with Crippen molar-refractivity contribution in [1.29, 1.82) is 0 Å². The van der Waals surface area contributed by atoms with Gasteiger partial charge < -0.3 is 0 Å². The van der Waals surface area contributed by atoms with E-state index in [0.29, 0.717) is 0 Å². The van der Waals surface area contributed by atoms with Gasteiger partial charge in [-0.25, -0.2) is 0 Å². The van der Waals surface area contributed by atoms with Gasteiger partial charge in [-0.3, -0.25) is 0 Å². The fraction of sp³-hybridized carbons (Fsp3) is 0. The maximum atomic E-state index is 2.27. The largest absolute Gasteiger partial charge is 0.186 e. The molecule has 0 aliphatic heterocycles. The fourth-order valence-corrected chi connectivity index (χ4v) is 3.43. The first-order valence-corrected chi connectivity index (χ1v) is 6.35. The van der Waals surface area contributed by atoms with Crippen molar-refractivity contribution in [1.82, 2.24) is 0 Å². The highest BCUT2D eigenvalue weighted by molar-refractivity contribution is 7.37. The summed E-state index contributed by atoms with van der Waals surface area (Å²) in [6.07, 6.45) is 0. The molecule has 0 bridgehead atoms. The number of rotatable bonds is 1. The lowest BCUT2D eigenvalue weighted by Gasteiger charge is -1.97. The Morgan fingerprint density at radius 2 is 1.40 bits per heavy atom. The van der Waals surface area contributed by atoms with Crippen molar-refractivity contribution in [2.75, 3.05) is 0 Å². The fourth-order valence-electron chi connectivity index (χ4n) is 1.85.